The Hall–Kier alpha value is -1.63. The molecule has 1 fully saturated rings. The Morgan fingerprint density at radius 1 is 1.52 bits per heavy atom. The van der Waals surface area contributed by atoms with E-state index < -0.39 is 17.6 Å². The number of likely N-dealkylation sites (tertiary alicyclic amines) is 1. The lowest BCUT2D eigenvalue weighted by Gasteiger charge is -2.38. The minimum absolute atomic E-state index is 0.321. The van der Waals surface area contributed by atoms with Crippen molar-refractivity contribution in [3.05, 3.63) is 16.6 Å². The predicted octanol–water partition coefficient (Wildman–Crippen LogP) is 2.27. The van der Waals surface area contributed by atoms with Gasteiger partial charge in [-0.15, -0.1) is 11.3 Å². The Labute approximate surface area is 128 Å². The van der Waals surface area contributed by atoms with Gasteiger partial charge >= 0.3 is 12.0 Å². The summed E-state index contributed by atoms with van der Waals surface area (Å²) in [6.45, 7) is 6.22. The van der Waals surface area contributed by atoms with Crippen LogP contribution in [0.2, 0.25) is 0 Å². The van der Waals surface area contributed by atoms with Crippen molar-refractivity contribution in [2.75, 3.05) is 6.54 Å². The molecule has 0 bridgehead atoms. The van der Waals surface area contributed by atoms with E-state index >= 15 is 0 Å². The minimum Gasteiger partial charge on any atom is -0.480 e. The molecule has 1 saturated heterocycles. The maximum absolute atomic E-state index is 12.5. The summed E-state index contributed by atoms with van der Waals surface area (Å²) in [7, 11) is 0. The monoisotopic (exact) mass is 311 g/mol. The molecule has 2 heterocycles. The zero-order valence-electron chi connectivity index (χ0n) is 12.5. The quantitative estimate of drug-likeness (QED) is 0.897. The van der Waals surface area contributed by atoms with Gasteiger partial charge in [0, 0.05) is 18.1 Å². The van der Waals surface area contributed by atoms with Crippen molar-refractivity contribution in [3.8, 4) is 0 Å². The number of carboxylic acids is 1. The first-order valence-corrected chi connectivity index (χ1v) is 7.91. The fraction of sp³-hybridized carbons (Fsp3) is 0.643. The first-order chi connectivity index (χ1) is 9.81. The molecule has 0 radical (unpaired) electrons. The van der Waals surface area contributed by atoms with Crippen LogP contribution in [0.5, 0.6) is 0 Å². The summed E-state index contributed by atoms with van der Waals surface area (Å²) in [6.07, 6.45) is 3.02. The molecule has 2 atom stereocenters. The second kappa shape index (κ2) is 6.01. The number of amides is 2. The van der Waals surface area contributed by atoms with Gasteiger partial charge in [-0.25, -0.2) is 14.6 Å². The number of aromatic nitrogens is 1. The van der Waals surface area contributed by atoms with E-state index in [1.807, 2.05) is 26.2 Å². The molecule has 7 heteroatoms. The number of aliphatic carboxylic acids is 1. The molecule has 0 saturated carbocycles. The van der Waals surface area contributed by atoms with Crippen LogP contribution < -0.4 is 5.32 Å². The highest BCUT2D eigenvalue weighted by Crippen LogP contribution is 2.26. The van der Waals surface area contributed by atoms with Gasteiger partial charge in [-0.1, -0.05) is 6.92 Å². The number of nitrogens with one attached hydrogen (secondary N) is 1. The van der Waals surface area contributed by atoms with Crippen LogP contribution in [0.1, 0.15) is 38.6 Å². The van der Waals surface area contributed by atoms with Crippen molar-refractivity contribution in [2.24, 2.45) is 5.92 Å². The van der Waals surface area contributed by atoms with Crippen LogP contribution in [0.25, 0.3) is 0 Å². The topological polar surface area (TPSA) is 82.5 Å². The molecule has 0 aliphatic carbocycles. The molecule has 2 N–H and O–H groups in total. The lowest BCUT2D eigenvalue weighted by atomic mass is 9.92. The van der Waals surface area contributed by atoms with Crippen molar-refractivity contribution >= 4 is 23.3 Å². The van der Waals surface area contributed by atoms with Crippen molar-refractivity contribution in [3.63, 3.8) is 0 Å². The van der Waals surface area contributed by atoms with Crippen molar-refractivity contribution < 1.29 is 14.7 Å². The van der Waals surface area contributed by atoms with E-state index in [4.69, 9.17) is 0 Å². The fourth-order valence-electron chi connectivity index (χ4n) is 2.54. The van der Waals surface area contributed by atoms with E-state index in [0.29, 0.717) is 18.9 Å². The van der Waals surface area contributed by atoms with Crippen LogP contribution in [0.15, 0.2) is 11.6 Å². The van der Waals surface area contributed by atoms with Gasteiger partial charge in [0.2, 0.25) is 0 Å². The van der Waals surface area contributed by atoms with Crippen LogP contribution in [-0.2, 0) is 10.3 Å². The van der Waals surface area contributed by atoms with Crippen molar-refractivity contribution in [2.45, 2.75) is 45.2 Å². The Kier molecular flexibility index (Phi) is 4.51. The molecular formula is C14H21N3O3S. The van der Waals surface area contributed by atoms with E-state index in [0.717, 1.165) is 11.4 Å². The number of carboxylic acid groups (broad SMARTS) is 1. The van der Waals surface area contributed by atoms with Gasteiger partial charge in [0.15, 0.2) is 0 Å². The molecule has 1 aromatic rings. The number of hydrogen-bond acceptors (Lipinski definition) is 4. The first-order valence-electron chi connectivity index (χ1n) is 7.03. The summed E-state index contributed by atoms with van der Waals surface area (Å²) >= 11 is 1.47. The van der Waals surface area contributed by atoms with E-state index in [1.165, 1.54) is 16.2 Å². The SMILES string of the molecule is CC1CCN(C(=O)NC(C)(C)c2nccs2)C(C(=O)O)C1. The second-order valence-electron chi connectivity index (χ2n) is 6.07. The molecule has 1 aliphatic heterocycles. The zero-order chi connectivity index (χ0) is 15.6. The average Bonchev–Trinajstić information content (AvgIpc) is 2.92. The summed E-state index contributed by atoms with van der Waals surface area (Å²) in [5.74, 6) is -0.620. The van der Waals surface area contributed by atoms with Gasteiger partial charge in [-0.3, -0.25) is 0 Å². The number of thiazole rings is 1. The highest BCUT2D eigenvalue weighted by molar-refractivity contribution is 7.09. The number of nitrogens with zero attached hydrogens (tertiary/aromatic N) is 2. The molecule has 21 heavy (non-hydrogen) atoms. The summed E-state index contributed by atoms with van der Waals surface area (Å²) in [5.41, 5.74) is -0.614. The third-order valence-corrected chi connectivity index (χ3v) is 4.89. The number of carbonyl (C=O) groups is 2. The maximum atomic E-state index is 12.5. The average molecular weight is 311 g/mol. The van der Waals surface area contributed by atoms with E-state index in [2.05, 4.69) is 10.3 Å². The molecule has 1 aromatic heterocycles. The smallest absolute Gasteiger partial charge is 0.326 e. The van der Waals surface area contributed by atoms with Gasteiger partial charge in [-0.05, 0) is 32.6 Å². The second-order valence-corrected chi connectivity index (χ2v) is 6.96. The van der Waals surface area contributed by atoms with Crippen molar-refractivity contribution in [1.29, 1.82) is 0 Å². The Morgan fingerprint density at radius 3 is 2.81 bits per heavy atom. The third kappa shape index (κ3) is 3.53. The van der Waals surface area contributed by atoms with E-state index in [1.54, 1.807) is 6.20 Å². The normalized spacial score (nSPS) is 22.9. The van der Waals surface area contributed by atoms with Crippen LogP contribution in [0.4, 0.5) is 4.79 Å². The first kappa shape index (κ1) is 15.8. The van der Waals surface area contributed by atoms with Crippen LogP contribution in [0, 0.1) is 5.92 Å². The lowest BCUT2D eigenvalue weighted by molar-refractivity contribution is -0.143. The largest absolute Gasteiger partial charge is 0.480 e. The van der Waals surface area contributed by atoms with Crippen LogP contribution in [0.3, 0.4) is 0 Å². The Balaban J connectivity index is 2.10. The van der Waals surface area contributed by atoms with E-state index in [-0.39, 0.29) is 6.03 Å². The molecule has 2 unspecified atom stereocenters. The third-order valence-electron chi connectivity index (χ3n) is 3.80. The van der Waals surface area contributed by atoms with Crippen LogP contribution >= 0.6 is 11.3 Å². The standard InChI is InChI=1S/C14H21N3O3S/c1-9-4-6-17(10(8-9)11(18)19)13(20)16-14(2,3)12-15-5-7-21-12/h5,7,9-10H,4,6,8H2,1-3H3,(H,16,20)(H,18,19). The lowest BCUT2D eigenvalue weighted by Crippen LogP contribution is -2.56. The fourth-order valence-corrected chi connectivity index (χ4v) is 3.26. The minimum atomic E-state index is -0.941. The molecular weight excluding hydrogens is 290 g/mol. The zero-order valence-corrected chi connectivity index (χ0v) is 13.3. The Morgan fingerprint density at radius 2 is 2.24 bits per heavy atom. The molecule has 1 aliphatic rings. The van der Waals surface area contributed by atoms with E-state index in [9.17, 15) is 14.7 Å². The molecule has 116 valence electrons. The van der Waals surface area contributed by atoms with Gasteiger partial charge in [0.1, 0.15) is 11.0 Å². The van der Waals surface area contributed by atoms with Gasteiger partial charge < -0.3 is 15.3 Å². The Bertz CT molecular complexity index is 516. The highest BCUT2D eigenvalue weighted by Gasteiger charge is 2.37. The van der Waals surface area contributed by atoms with Gasteiger partial charge in [0.25, 0.3) is 0 Å². The number of piperidine rings is 1. The number of urea groups is 1. The summed E-state index contributed by atoms with van der Waals surface area (Å²) in [5, 5.41) is 14.9. The summed E-state index contributed by atoms with van der Waals surface area (Å²) in [4.78, 5) is 29.5. The van der Waals surface area contributed by atoms with Crippen LogP contribution in [-0.4, -0.2) is 39.6 Å². The summed E-state index contributed by atoms with van der Waals surface area (Å²) in [6, 6.07) is -1.09. The molecule has 2 rings (SSSR count). The van der Waals surface area contributed by atoms with Gasteiger partial charge in [0.05, 0.1) is 5.54 Å². The van der Waals surface area contributed by atoms with Crippen molar-refractivity contribution in [1.82, 2.24) is 15.2 Å². The predicted molar refractivity (Wildman–Crippen MR) is 80.2 cm³/mol. The molecule has 6 nitrogen and oxygen atoms in total. The van der Waals surface area contributed by atoms with Gasteiger partial charge in [-0.2, -0.15) is 0 Å². The summed E-state index contributed by atoms with van der Waals surface area (Å²) < 4.78 is 0. The molecule has 0 aromatic carbocycles. The highest BCUT2D eigenvalue weighted by atomic mass is 32.1. The number of hydrogen-bond donors (Lipinski definition) is 2. The number of rotatable bonds is 3. The molecule has 0 spiro atoms. The molecule has 2 amide bonds. The maximum Gasteiger partial charge on any atom is 0.326 e. The number of carbonyl (C=O) groups excluding carboxylic acids is 1.